The molecule has 0 aromatic heterocycles. The van der Waals surface area contributed by atoms with Crippen molar-refractivity contribution >= 4 is 17.4 Å². The molecule has 0 aliphatic carbocycles. The van der Waals surface area contributed by atoms with E-state index < -0.39 is 0 Å². The molecule has 1 heterocycles. The highest BCUT2D eigenvalue weighted by molar-refractivity contribution is 7.98. The van der Waals surface area contributed by atoms with Crippen LogP contribution >= 0.6 is 11.8 Å². The fraction of sp³-hybridized carbons (Fsp3) is 0.538. The van der Waals surface area contributed by atoms with Gasteiger partial charge in [0, 0.05) is 28.7 Å². The van der Waals surface area contributed by atoms with Gasteiger partial charge in [-0.25, -0.2) is 0 Å². The molecule has 2 nitrogen and oxygen atoms in total. The van der Waals surface area contributed by atoms with Crippen molar-refractivity contribution in [2.45, 2.75) is 36.7 Å². The predicted molar refractivity (Wildman–Crippen MR) is 72.3 cm³/mol. The standard InChI is InChI=1S/C13H20N2S/c1-13(2)8-11(9-14-13)15-10-4-6-12(16-3)7-5-10/h4-7,11,14-15H,8-9H2,1-3H3. The van der Waals surface area contributed by atoms with Gasteiger partial charge in [-0.05, 0) is 50.8 Å². The van der Waals surface area contributed by atoms with Crippen LogP contribution in [0.1, 0.15) is 20.3 Å². The van der Waals surface area contributed by atoms with Gasteiger partial charge in [0.2, 0.25) is 0 Å². The molecule has 1 fully saturated rings. The maximum atomic E-state index is 3.58. The molecule has 2 rings (SSSR count). The summed E-state index contributed by atoms with van der Waals surface area (Å²) in [6, 6.07) is 9.21. The second-order valence-corrected chi connectivity index (χ2v) is 5.92. The van der Waals surface area contributed by atoms with E-state index in [1.807, 2.05) is 0 Å². The lowest BCUT2D eigenvalue weighted by Crippen LogP contribution is -2.31. The van der Waals surface area contributed by atoms with Crippen LogP contribution in [0.3, 0.4) is 0 Å². The van der Waals surface area contributed by atoms with E-state index in [0.29, 0.717) is 6.04 Å². The fourth-order valence-corrected chi connectivity index (χ4v) is 2.59. The molecule has 0 bridgehead atoms. The molecule has 1 atom stereocenters. The van der Waals surface area contributed by atoms with Crippen molar-refractivity contribution in [3.05, 3.63) is 24.3 Å². The molecule has 1 aromatic carbocycles. The van der Waals surface area contributed by atoms with Crippen LogP contribution in [0, 0.1) is 0 Å². The van der Waals surface area contributed by atoms with Crippen LogP contribution in [-0.2, 0) is 0 Å². The van der Waals surface area contributed by atoms with Crippen LogP contribution in [0.15, 0.2) is 29.2 Å². The number of benzene rings is 1. The van der Waals surface area contributed by atoms with Gasteiger partial charge in [-0.15, -0.1) is 11.8 Å². The molecule has 0 saturated carbocycles. The Kier molecular flexibility index (Phi) is 3.45. The number of nitrogens with one attached hydrogen (secondary N) is 2. The molecule has 1 aliphatic rings. The Morgan fingerprint density at radius 3 is 2.50 bits per heavy atom. The summed E-state index contributed by atoms with van der Waals surface area (Å²) in [5.74, 6) is 0. The second kappa shape index (κ2) is 4.68. The van der Waals surface area contributed by atoms with Crippen LogP contribution < -0.4 is 10.6 Å². The van der Waals surface area contributed by atoms with Crippen LogP contribution in [0.5, 0.6) is 0 Å². The Morgan fingerprint density at radius 2 is 2.00 bits per heavy atom. The van der Waals surface area contributed by atoms with Gasteiger partial charge in [0.25, 0.3) is 0 Å². The third-order valence-electron chi connectivity index (χ3n) is 3.04. The quantitative estimate of drug-likeness (QED) is 0.789. The average Bonchev–Trinajstić information content (AvgIpc) is 2.59. The summed E-state index contributed by atoms with van der Waals surface area (Å²) in [7, 11) is 0. The van der Waals surface area contributed by atoms with Gasteiger partial charge in [0.15, 0.2) is 0 Å². The molecule has 1 unspecified atom stereocenters. The topological polar surface area (TPSA) is 24.1 Å². The molecule has 0 amide bonds. The van der Waals surface area contributed by atoms with Gasteiger partial charge in [-0.3, -0.25) is 0 Å². The highest BCUT2D eigenvalue weighted by Gasteiger charge is 2.29. The largest absolute Gasteiger partial charge is 0.381 e. The number of anilines is 1. The Morgan fingerprint density at radius 1 is 1.31 bits per heavy atom. The zero-order valence-corrected chi connectivity index (χ0v) is 11.0. The third-order valence-corrected chi connectivity index (χ3v) is 3.79. The molecule has 1 saturated heterocycles. The number of hydrogen-bond acceptors (Lipinski definition) is 3. The number of thioether (sulfide) groups is 1. The lowest BCUT2D eigenvalue weighted by molar-refractivity contribution is 0.457. The van der Waals surface area contributed by atoms with Crippen LogP contribution in [-0.4, -0.2) is 24.4 Å². The van der Waals surface area contributed by atoms with Gasteiger partial charge in [-0.1, -0.05) is 0 Å². The molecule has 88 valence electrons. The summed E-state index contributed by atoms with van der Waals surface area (Å²) in [6.45, 7) is 5.56. The first-order chi connectivity index (χ1) is 7.59. The Bertz CT molecular complexity index is 345. The lowest BCUT2D eigenvalue weighted by atomic mass is 10.0. The summed E-state index contributed by atoms with van der Waals surface area (Å²) < 4.78 is 0. The van der Waals surface area contributed by atoms with Crippen molar-refractivity contribution < 1.29 is 0 Å². The van der Waals surface area contributed by atoms with Crippen LogP contribution in [0.4, 0.5) is 5.69 Å². The van der Waals surface area contributed by atoms with E-state index in [1.54, 1.807) is 11.8 Å². The maximum Gasteiger partial charge on any atom is 0.0403 e. The fourth-order valence-electron chi connectivity index (χ4n) is 2.18. The SMILES string of the molecule is CSc1ccc(NC2CNC(C)(C)C2)cc1. The van der Waals surface area contributed by atoms with E-state index in [9.17, 15) is 0 Å². The minimum atomic E-state index is 0.275. The van der Waals surface area contributed by atoms with Crippen LogP contribution in [0.25, 0.3) is 0 Å². The van der Waals surface area contributed by atoms with E-state index in [2.05, 4.69) is 55.0 Å². The zero-order chi connectivity index (χ0) is 11.6. The normalized spacial score (nSPS) is 23.3. The van der Waals surface area contributed by atoms with Crippen molar-refractivity contribution in [1.29, 1.82) is 0 Å². The van der Waals surface area contributed by atoms with Crippen molar-refractivity contribution in [2.24, 2.45) is 0 Å². The number of rotatable bonds is 3. The van der Waals surface area contributed by atoms with Gasteiger partial charge < -0.3 is 10.6 Å². The van der Waals surface area contributed by atoms with E-state index in [0.717, 1.165) is 6.54 Å². The minimum absolute atomic E-state index is 0.275. The second-order valence-electron chi connectivity index (χ2n) is 5.04. The zero-order valence-electron chi connectivity index (χ0n) is 10.2. The maximum absolute atomic E-state index is 3.58. The average molecular weight is 236 g/mol. The van der Waals surface area contributed by atoms with Crippen LogP contribution in [0.2, 0.25) is 0 Å². The molecule has 1 aromatic rings. The molecule has 16 heavy (non-hydrogen) atoms. The smallest absolute Gasteiger partial charge is 0.0403 e. The van der Waals surface area contributed by atoms with Crippen molar-refractivity contribution in [3.8, 4) is 0 Å². The Labute approximate surface area is 102 Å². The number of hydrogen-bond donors (Lipinski definition) is 2. The van der Waals surface area contributed by atoms with E-state index in [-0.39, 0.29) is 5.54 Å². The van der Waals surface area contributed by atoms with Crippen molar-refractivity contribution in [2.75, 3.05) is 18.1 Å². The molecule has 1 aliphatic heterocycles. The molecular weight excluding hydrogens is 216 g/mol. The first-order valence-corrected chi connectivity index (χ1v) is 6.97. The minimum Gasteiger partial charge on any atom is -0.381 e. The monoisotopic (exact) mass is 236 g/mol. The summed E-state index contributed by atoms with van der Waals surface area (Å²) in [6.07, 6.45) is 3.28. The van der Waals surface area contributed by atoms with E-state index >= 15 is 0 Å². The summed E-state index contributed by atoms with van der Waals surface area (Å²) >= 11 is 1.78. The van der Waals surface area contributed by atoms with Gasteiger partial charge >= 0.3 is 0 Å². The van der Waals surface area contributed by atoms with E-state index in [4.69, 9.17) is 0 Å². The predicted octanol–water partition coefficient (Wildman–Crippen LogP) is 2.96. The summed E-state index contributed by atoms with van der Waals surface area (Å²) in [5, 5.41) is 7.10. The molecule has 2 N–H and O–H groups in total. The third kappa shape index (κ3) is 2.92. The molecule has 0 radical (unpaired) electrons. The first-order valence-electron chi connectivity index (χ1n) is 5.75. The first kappa shape index (κ1) is 11.8. The Hall–Kier alpha value is -0.670. The van der Waals surface area contributed by atoms with Crippen molar-refractivity contribution in [1.82, 2.24) is 5.32 Å². The molecular formula is C13H20N2S. The van der Waals surface area contributed by atoms with Gasteiger partial charge in [0.1, 0.15) is 0 Å². The van der Waals surface area contributed by atoms with Gasteiger partial charge in [-0.2, -0.15) is 0 Å². The van der Waals surface area contributed by atoms with E-state index in [1.165, 1.54) is 17.0 Å². The highest BCUT2D eigenvalue weighted by Crippen LogP contribution is 2.23. The van der Waals surface area contributed by atoms with Gasteiger partial charge in [0.05, 0.1) is 0 Å². The Balaban J connectivity index is 1.94. The molecule has 0 spiro atoms. The van der Waals surface area contributed by atoms with Crippen molar-refractivity contribution in [3.63, 3.8) is 0 Å². The summed E-state index contributed by atoms with van der Waals surface area (Å²) in [5.41, 5.74) is 1.50. The molecule has 3 heteroatoms. The summed E-state index contributed by atoms with van der Waals surface area (Å²) in [4.78, 5) is 1.32. The lowest BCUT2D eigenvalue weighted by Gasteiger charge is -2.18. The highest BCUT2D eigenvalue weighted by atomic mass is 32.2.